The van der Waals surface area contributed by atoms with Gasteiger partial charge in [-0.25, -0.2) is 0 Å². The van der Waals surface area contributed by atoms with Crippen molar-refractivity contribution in [3.63, 3.8) is 0 Å². The van der Waals surface area contributed by atoms with Gasteiger partial charge >= 0.3 is 0 Å². The molecular formula is C34H37N2NiO2-. The molecule has 0 bridgehead atoms. The Morgan fingerprint density at radius 3 is 1.67 bits per heavy atom. The molecule has 0 amide bonds. The van der Waals surface area contributed by atoms with Gasteiger partial charge in [-0.3, -0.25) is 0 Å². The van der Waals surface area contributed by atoms with Crippen molar-refractivity contribution in [2.45, 2.75) is 65.5 Å². The molecule has 0 spiro atoms. The van der Waals surface area contributed by atoms with Crippen LogP contribution in [-0.4, -0.2) is 5.66 Å². The fourth-order valence-electron chi connectivity index (χ4n) is 5.97. The number of hydrogen-bond donors (Lipinski definition) is 1. The first-order chi connectivity index (χ1) is 18.2. The zero-order valence-electron chi connectivity index (χ0n) is 23.5. The summed E-state index contributed by atoms with van der Waals surface area (Å²) < 4.78 is 0.793. The Hall–Kier alpha value is -3.11. The van der Waals surface area contributed by atoms with Crippen molar-refractivity contribution < 1.29 is 26.7 Å². The van der Waals surface area contributed by atoms with Gasteiger partial charge in [-0.1, -0.05) is 100 Å². The Balaban J connectivity index is 0.000000184. The smallest absolute Gasteiger partial charge is 0.241 e. The van der Waals surface area contributed by atoms with Gasteiger partial charge in [0.05, 0.1) is 0 Å². The molecule has 0 aliphatic carbocycles. The normalized spacial score (nSPS) is 21.0. The molecule has 1 saturated heterocycles. The molecule has 0 saturated carbocycles. The van der Waals surface area contributed by atoms with Crippen molar-refractivity contribution in [2.75, 3.05) is 0 Å². The van der Waals surface area contributed by atoms with E-state index in [2.05, 4.69) is 83.5 Å². The molecule has 2 heterocycles. The maximum atomic E-state index is 11.8. The van der Waals surface area contributed by atoms with Crippen molar-refractivity contribution in [1.82, 2.24) is 10.0 Å². The minimum atomic E-state index is -0.408. The minimum Gasteiger partial charge on any atom is -0.872 e. The Morgan fingerprint density at radius 1 is 0.769 bits per heavy atom. The fraction of sp³-hybridized carbons (Fsp3) is 0.294. The largest absolute Gasteiger partial charge is 0.872 e. The average Bonchev–Trinajstić information content (AvgIpc) is 3.62. The Kier molecular flexibility index (Phi) is 8.01. The number of aryl methyl sites for hydroxylation is 1. The number of hydrogen-bond acceptors (Lipinski definition) is 3. The van der Waals surface area contributed by atoms with E-state index in [1.807, 2.05) is 24.3 Å². The molecule has 1 fully saturated rings. The molecule has 6 rings (SSSR count). The van der Waals surface area contributed by atoms with Crippen LogP contribution >= 0.6 is 0 Å². The van der Waals surface area contributed by atoms with Gasteiger partial charge in [0.1, 0.15) is 6.20 Å². The number of fused-ring (bicyclic) bond motifs is 4. The first kappa shape index (κ1) is 28.9. The topological polar surface area (TPSA) is 68.1 Å². The van der Waals surface area contributed by atoms with Crippen molar-refractivity contribution in [2.24, 2.45) is 0 Å². The van der Waals surface area contributed by atoms with E-state index in [1.54, 1.807) is 24.3 Å². The Labute approximate surface area is 242 Å². The first-order valence-electron chi connectivity index (χ1n) is 13.6. The van der Waals surface area contributed by atoms with Gasteiger partial charge in [-0.2, -0.15) is 4.59 Å². The van der Waals surface area contributed by atoms with Crippen molar-refractivity contribution in [3.05, 3.63) is 102 Å². The van der Waals surface area contributed by atoms with Gasteiger partial charge in [0.25, 0.3) is 0 Å². The molecule has 4 aromatic rings. The average molecular weight is 564 g/mol. The summed E-state index contributed by atoms with van der Waals surface area (Å²) in [5, 5.41) is 26.4. The zero-order chi connectivity index (χ0) is 27.2. The number of rotatable bonds is 4. The molecule has 2 aliphatic rings. The number of nitrogens with zero attached hydrogens (tertiary/aromatic N) is 1. The molecule has 5 heteroatoms. The van der Waals surface area contributed by atoms with E-state index < -0.39 is 11.5 Å². The second kappa shape index (κ2) is 10.8. The predicted molar refractivity (Wildman–Crippen MR) is 156 cm³/mol. The van der Waals surface area contributed by atoms with Crippen LogP contribution in [0.25, 0.3) is 21.5 Å². The third-order valence-electron chi connectivity index (χ3n) is 8.03. The number of nitrogens with one attached hydrogen (secondary N) is 1. The quantitative estimate of drug-likeness (QED) is 0.122. The summed E-state index contributed by atoms with van der Waals surface area (Å²) in [7, 11) is 0. The number of benzene rings is 4. The summed E-state index contributed by atoms with van der Waals surface area (Å²) in [4.78, 5) is 0. The van der Waals surface area contributed by atoms with E-state index in [4.69, 9.17) is 0 Å². The molecule has 2 aliphatic heterocycles. The molecule has 4 aromatic carbocycles. The van der Waals surface area contributed by atoms with Gasteiger partial charge in [0.15, 0.2) is 5.69 Å². The summed E-state index contributed by atoms with van der Waals surface area (Å²) >= 11 is 0. The van der Waals surface area contributed by atoms with E-state index in [-0.39, 0.29) is 22.2 Å². The van der Waals surface area contributed by atoms with Gasteiger partial charge < -0.3 is 10.2 Å². The molecule has 2 unspecified atom stereocenters. The SMILES string of the molecule is CCC12C=CC=C[N+]1(c1c(C(C)C)cc(C)cc1C(C)C)N2.[Ni].[O-]c1c([O-])c2ccccc2c2ccccc12. The van der Waals surface area contributed by atoms with Crippen LogP contribution in [0.15, 0.2) is 85.1 Å². The fourth-order valence-corrected chi connectivity index (χ4v) is 5.97. The van der Waals surface area contributed by atoms with E-state index in [0.29, 0.717) is 22.6 Å². The minimum absolute atomic E-state index is 0. The molecule has 4 nitrogen and oxygen atoms in total. The maximum Gasteiger partial charge on any atom is 0.241 e. The molecule has 1 N–H and O–H groups in total. The van der Waals surface area contributed by atoms with Gasteiger partial charge in [-0.05, 0) is 64.6 Å². The van der Waals surface area contributed by atoms with Crippen molar-refractivity contribution >= 4 is 27.2 Å². The van der Waals surface area contributed by atoms with Crippen LogP contribution in [0.1, 0.15) is 69.6 Å². The maximum absolute atomic E-state index is 11.8. The third-order valence-corrected chi connectivity index (χ3v) is 8.03. The summed E-state index contributed by atoms with van der Waals surface area (Å²) in [6.45, 7) is 13.7. The van der Waals surface area contributed by atoms with Crippen LogP contribution in [0.4, 0.5) is 5.69 Å². The van der Waals surface area contributed by atoms with Crippen LogP contribution in [0.5, 0.6) is 11.5 Å². The third kappa shape index (κ3) is 4.67. The van der Waals surface area contributed by atoms with Gasteiger partial charge in [0, 0.05) is 34.0 Å². The number of allylic oxidation sites excluding steroid dienone is 2. The van der Waals surface area contributed by atoms with E-state index >= 15 is 0 Å². The number of quaternary nitrogens is 1. The molecule has 0 radical (unpaired) electrons. The van der Waals surface area contributed by atoms with Crippen LogP contribution in [0, 0.1) is 6.92 Å². The predicted octanol–water partition coefficient (Wildman–Crippen LogP) is 7.39. The van der Waals surface area contributed by atoms with Gasteiger partial charge in [-0.15, -0.1) is 11.5 Å². The monoisotopic (exact) mass is 563 g/mol. The van der Waals surface area contributed by atoms with Crippen LogP contribution in [-0.2, 0) is 16.5 Å². The molecular weight excluding hydrogens is 527 g/mol. The standard InChI is InChI=1S/C20H29N2.C14H10O2.Ni/c1-7-20-10-8-9-11-22(20,21-20)19-17(14(2)3)12-16(6)13-18(19)15(4)5;15-13-11-7-3-1-5-9(11)10-6-2-4-8-12(10)14(13)16;/h8-15,21H,7H2,1-6H3;1-8,15-16H;/q+1;;/p-2. The summed E-state index contributed by atoms with van der Waals surface area (Å²) in [5.74, 6) is 0.232. The van der Waals surface area contributed by atoms with Crippen LogP contribution in [0.3, 0.4) is 0 Å². The van der Waals surface area contributed by atoms with E-state index in [1.165, 1.54) is 22.4 Å². The van der Waals surface area contributed by atoms with Crippen LogP contribution < -0.4 is 20.2 Å². The summed E-state index contributed by atoms with van der Waals surface area (Å²) in [6, 6.07) is 19.2. The Morgan fingerprint density at radius 2 is 1.23 bits per heavy atom. The van der Waals surface area contributed by atoms with E-state index in [9.17, 15) is 10.2 Å². The zero-order valence-corrected chi connectivity index (χ0v) is 24.5. The van der Waals surface area contributed by atoms with E-state index in [0.717, 1.165) is 21.8 Å². The molecule has 39 heavy (non-hydrogen) atoms. The molecule has 0 aromatic heterocycles. The second-order valence-corrected chi connectivity index (χ2v) is 11.2. The second-order valence-electron chi connectivity index (χ2n) is 11.2. The van der Waals surface area contributed by atoms with Crippen molar-refractivity contribution in [3.8, 4) is 11.5 Å². The van der Waals surface area contributed by atoms with Crippen molar-refractivity contribution in [1.29, 1.82) is 0 Å². The summed E-state index contributed by atoms with van der Waals surface area (Å²) in [6.07, 6.45) is 10.1. The van der Waals surface area contributed by atoms with Gasteiger partial charge in [0.2, 0.25) is 5.66 Å². The molecule has 2 atom stereocenters. The first-order valence-corrected chi connectivity index (χ1v) is 13.6. The van der Waals surface area contributed by atoms with Crippen LogP contribution in [0.2, 0.25) is 0 Å². The summed E-state index contributed by atoms with van der Waals surface area (Å²) in [5.41, 5.74) is 9.65. The Bertz CT molecular complexity index is 1500. The molecule has 206 valence electrons.